The number of nitrogens with one attached hydrogen (secondary N) is 2. The van der Waals surface area contributed by atoms with Crippen LogP contribution < -0.4 is 10.6 Å². The zero-order valence-corrected chi connectivity index (χ0v) is 12.6. The molecule has 0 fully saturated rings. The second-order valence-corrected chi connectivity index (χ2v) is 4.98. The number of amides is 1. The van der Waals surface area contributed by atoms with Gasteiger partial charge in [0.15, 0.2) is 0 Å². The van der Waals surface area contributed by atoms with Gasteiger partial charge in [0.05, 0.1) is 6.10 Å². The summed E-state index contributed by atoms with van der Waals surface area (Å²) in [5, 5.41) is 15.5. The molecule has 2 rings (SSSR count). The van der Waals surface area contributed by atoms with Gasteiger partial charge in [-0.15, -0.1) is 0 Å². The molecule has 0 unspecified atom stereocenters. The normalized spacial score (nSPS) is 11.8. The summed E-state index contributed by atoms with van der Waals surface area (Å²) in [4.78, 5) is 16.0. The Morgan fingerprint density at radius 3 is 2.86 bits per heavy atom. The highest BCUT2D eigenvalue weighted by Gasteiger charge is 2.13. The van der Waals surface area contributed by atoms with Crippen molar-refractivity contribution in [1.29, 1.82) is 0 Å². The van der Waals surface area contributed by atoms with Crippen LogP contribution in [0.1, 0.15) is 22.0 Å². The van der Waals surface area contributed by atoms with Crippen LogP contribution in [0.5, 0.6) is 0 Å². The van der Waals surface area contributed by atoms with Gasteiger partial charge in [0.1, 0.15) is 16.8 Å². The van der Waals surface area contributed by atoms with Gasteiger partial charge in [0.2, 0.25) is 0 Å². The zero-order valence-electron chi connectivity index (χ0n) is 11.8. The summed E-state index contributed by atoms with van der Waals surface area (Å²) < 4.78 is 13.1. The first kappa shape index (κ1) is 16.2. The van der Waals surface area contributed by atoms with Crippen molar-refractivity contribution in [2.75, 3.05) is 18.9 Å². The fourth-order valence-corrected chi connectivity index (χ4v) is 2.09. The number of halogens is 2. The molecule has 0 saturated carbocycles. The lowest BCUT2D eigenvalue weighted by atomic mass is 10.1. The highest BCUT2D eigenvalue weighted by atomic mass is 35.5. The molecule has 2 aromatic rings. The van der Waals surface area contributed by atoms with Crippen LogP contribution in [0, 0.1) is 5.82 Å². The summed E-state index contributed by atoms with van der Waals surface area (Å²) in [6.45, 7) is -0.0445. The fraction of sp³-hybridized carbons (Fsp3) is 0.200. The number of nitrogens with zero attached hydrogens (tertiary/aromatic N) is 1. The zero-order chi connectivity index (χ0) is 16.1. The Morgan fingerprint density at radius 1 is 1.41 bits per heavy atom. The minimum Gasteiger partial charge on any atom is -0.387 e. The van der Waals surface area contributed by atoms with E-state index in [1.165, 1.54) is 30.3 Å². The average molecular weight is 324 g/mol. The summed E-state index contributed by atoms with van der Waals surface area (Å²) in [7, 11) is 1.66. The Balaban J connectivity index is 2.02. The minimum atomic E-state index is -0.999. The van der Waals surface area contributed by atoms with Crippen molar-refractivity contribution in [2.45, 2.75) is 6.10 Å². The second kappa shape index (κ2) is 7.20. The van der Waals surface area contributed by atoms with Gasteiger partial charge < -0.3 is 15.7 Å². The first-order chi connectivity index (χ1) is 10.5. The molecule has 0 saturated heterocycles. The molecule has 116 valence electrons. The molecule has 1 amide bonds. The summed E-state index contributed by atoms with van der Waals surface area (Å²) >= 11 is 5.83. The number of anilines is 1. The molecule has 0 radical (unpaired) electrons. The van der Waals surface area contributed by atoms with Crippen LogP contribution in [0.4, 0.5) is 10.2 Å². The fourth-order valence-electron chi connectivity index (χ4n) is 1.88. The lowest BCUT2D eigenvalue weighted by Gasteiger charge is -2.13. The number of aliphatic hydroxyl groups is 1. The lowest BCUT2D eigenvalue weighted by Crippen LogP contribution is -2.28. The van der Waals surface area contributed by atoms with E-state index in [9.17, 15) is 14.3 Å². The SMILES string of the molecule is CNc1cc(C(=O)NC[C@@H](O)c2cccc(F)c2)cc(Cl)n1. The molecule has 0 aliphatic carbocycles. The van der Waals surface area contributed by atoms with E-state index in [0.717, 1.165) is 0 Å². The van der Waals surface area contributed by atoms with Crippen LogP contribution in [0.2, 0.25) is 5.15 Å². The van der Waals surface area contributed by atoms with Gasteiger partial charge in [-0.2, -0.15) is 0 Å². The van der Waals surface area contributed by atoms with E-state index in [1.54, 1.807) is 13.1 Å². The van der Waals surface area contributed by atoms with Gasteiger partial charge in [-0.05, 0) is 29.8 Å². The first-order valence-corrected chi connectivity index (χ1v) is 6.94. The van der Waals surface area contributed by atoms with Crippen LogP contribution in [0.15, 0.2) is 36.4 Å². The Labute approximate surface area is 132 Å². The van der Waals surface area contributed by atoms with Gasteiger partial charge in [-0.25, -0.2) is 9.37 Å². The third kappa shape index (κ3) is 4.16. The molecule has 0 spiro atoms. The molecular formula is C15H15ClFN3O2. The third-order valence-electron chi connectivity index (χ3n) is 3.00. The number of carbonyl (C=O) groups excluding carboxylic acids is 1. The van der Waals surface area contributed by atoms with Crippen LogP contribution in [0.3, 0.4) is 0 Å². The number of aromatic nitrogens is 1. The quantitative estimate of drug-likeness (QED) is 0.739. The summed E-state index contributed by atoms with van der Waals surface area (Å²) in [6, 6.07) is 8.55. The topological polar surface area (TPSA) is 74.2 Å². The number of carbonyl (C=O) groups is 1. The molecule has 1 aromatic carbocycles. The van der Waals surface area contributed by atoms with Crippen LogP contribution >= 0.6 is 11.6 Å². The van der Waals surface area contributed by atoms with Crippen molar-refractivity contribution in [1.82, 2.24) is 10.3 Å². The van der Waals surface area contributed by atoms with E-state index in [-0.39, 0.29) is 11.7 Å². The van der Waals surface area contributed by atoms with Crippen molar-refractivity contribution in [3.63, 3.8) is 0 Å². The van der Waals surface area contributed by atoms with E-state index >= 15 is 0 Å². The smallest absolute Gasteiger partial charge is 0.251 e. The molecule has 5 nitrogen and oxygen atoms in total. The number of hydrogen-bond donors (Lipinski definition) is 3. The maximum atomic E-state index is 13.1. The van der Waals surface area contributed by atoms with Gasteiger partial charge in [-0.3, -0.25) is 4.79 Å². The molecule has 1 aromatic heterocycles. The summed E-state index contributed by atoms with van der Waals surface area (Å²) in [5.41, 5.74) is 0.708. The van der Waals surface area contributed by atoms with Gasteiger partial charge >= 0.3 is 0 Å². The molecular weight excluding hydrogens is 309 g/mol. The number of pyridine rings is 1. The summed E-state index contributed by atoms with van der Waals surface area (Å²) in [5.74, 6) is -0.387. The lowest BCUT2D eigenvalue weighted by molar-refractivity contribution is 0.0916. The molecule has 0 aliphatic heterocycles. The monoisotopic (exact) mass is 323 g/mol. The molecule has 1 heterocycles. The maximum Gasteiger partial charge on any atom is 0.251 e. The number of benzene rings is 1. The van der Waals surface area contributed by atoms with Crippen LogP contribution in [0.25, 0.3) is 0 Å². The van der Waals surface area contributed by atoms with E-state index in [1.807, 2.05) is 0 Å². The van der Waals surface area contributed by atoms with Crippen molar-refractivity contribution in [2.24, 2.45) is 0 Å². The molecule has 1 atom stereocenters. The van der Waals surface area contributed by atoms with E-state index < -0.39 is 17.8 Å². The van der Waals surface area contributed by atoms with Crippen molar-refractivity contribution < 1.29 is 14.3 Å². The maximum absolute atomic E-state index is 13.1. The van der Waals surface area contributed by atoms with Gasteiger partial charge in [0, 0.05) is 19.2 Å². The Bertz CT molecular complexity index is 682. The second-order valence-electron chi connectivity index (χ2n) is 4.59. The van der Waals surface area contributed by atoms with Gasteiger partial charge in [-0.1, -0.05) is 23.7 Å². The molecule has 0 aliphatic rings. The Kier molecular flexibility index (Phi) is 5.30. The third-order valence-corrected chi connectivity index (χ3v) is 3.20. The molecule has 7 heteroatoms. The van der Waals surface area contributed by atoms with Crippen LogP contribution in [-0.4, -0.2) is 29.6 Å². The Morgan fingerprint density at radius 2 is 2.18 bits per heavy atom. The van der Waals surface area contributed by atoms with Crippen molar-refractivity contribution >= 4 is 23.3 Å². The summed E-state index contributed by atoms with van der Waals surface area (Å²) in [6.07, 6.45) is -0.999. The number of hydrogen-bond acceptors (Lipinski definition) is 4. The standard InChI is InChI=1S/C15H15ClFN3O2/c1-18-14-7-10(6-13(16)20-14)15(22)19-8-12(21)9-3-2-4-11(17)5-9/h2-7,12,21H,8H2,1H3,(H,18,20)(H,19,22)/t12-/m1/s1. The Hall–Kier alpha value is -2.18. The van der Waals surface area contributed by atoms with Crippen LogP contribution in [-0.2, 0) is 0 Å². The first-order valence-electron chi connectivity index (χ1n) is 6.56. The van der Waals surface area contributed by atoms with Crippen molar-refractivity contribution in [3.8, 4) is 0 Å². The largest absolute Gasteiger partial charge is 0.387 e. The van der Waals surface area contributed by atoms with E-state index in [4.69, 9.17) is 11.6 Å². The number of aliphatic hydroxyl groups excluding tert-OH is 1. The van der Waals surface area contributed by atoms with E-state index in [2.05, 4.69) is 15.6 Å². The van der Waals surface area contributed by atoms with Gasteiger partial charge in [0.25, 0.3) is 5.91 Å². The predicted octanol–water partition coefficient (Wildman–Crippen LogP) is 2.38. The number of rotatable bonds is 5. The van der Waals surface area contributed by atoms with E-state index in [0.29, 0.717) is 16.9 Å². The van der Waals surface area contributed by atoms with Crippen molar-refractivity contribution in [3.05, 3.63) is 58.5 Å². The average Bonchev–Trinajstić information content (AvgIpc) is 2.51. The molecule has 3 N–H and O–H groups in total. The highest BCUT2D eigenvalue weighted by molar-refractivity contribution is 6.29. The highest BCUT2D eigenvalue weighted by Crippen LogP contribution is 2.15. The predicted molar refractivity (Wildman–Crippen MR) is 82.5 cm³/mol. The minimum absolute atomic E-state index is 0.0445. The molecule has 22 heavy (non-hydrogen) atoms. The molecule has 0 bridgehead atoms.